The van der Waals surface area contributed by atoms with Crippen LogP contribution in [0.4, 0.5) is 18.0 Å². The third-order valence-corrected chi connectivity index (χ3v) is 2.06. The van der Waals surface area contributed by atoms with Crippen LogP contribution in [0.25, 0.3) is 0 Å². The van der Waals surface area contributed by atoms with Gasteiger partial charge < -0.3 is 25.9 Å². The van der Waals surface area contributed by atoms with Gasteiger partial charge in [-0.3, -0.25) is 0 Å². The van der Waals surface area contributed by atoms with E-state index in [0.29, 0.717) is 0 Å². The smallest absolute Gasteiger partial charge is 0.405 e. The van der Waals surface area contributed by atoms with Crippen LogP contribution in [0.3, 0.4) is 0 Å². The Morgan fingerprint density at radius 1 is 1.47 bits per heavy atom. The number of carbonyl (C=O) groups excluding carboxylic acids is 1. The summed E-state index contributed by atoms with van der Waals surface area (Å²) in [4.78, 5) is 12.6. The fraction of sp³-hybridized carbons (Fsp3) is 0.778. The van der Waals surface area contributed by atoms with Crippen LogP contribution < -0.4 is 11.1 Å². The SMILES string of the molecule is COCCN(CCC(N)=NO)C(=O)NCC(F)(F)F. The Balaban J connectivity index is 4.34. The number of alkyl halides is 3. The Morgan fingerprint density at radius 2 is 2.11 bits per heavy atom. The van der Waals surface area contributed by atoms with E-state index >= 15 is 0 Å². The zero-order valence-electron chi connectivity index (χ0n) is 10.4. The maximum atomic E-state index is 12.0. The molecule has 0 aliphatic rings. The monoisotopic (exact) mass is 286 g/mol. The first-order valence-electron chi connectivity index (χ1n) is 5.35. The topological polar surface area (TPSA) is 100 Å². The van der Waals surface area contributed by atoms with Gasteiger partial charge in [0.05, 0.1) is 6.61 Å². The lowest BCUT2D eigenvalue weighted by molar-refractivity contribution is -0.123. The largest absolute Gasteiger partial charge is 0.409 e. The molecular formula is C9H17F3N4O3. The fourth-order valence-electron chi connectivity index (χ4n) is 1.10. The summed E-state index contributed by atoms with van der Waals surface area (Å²) in [5, 5.41) is 12.8. The van der Waals surface area contributed by atoms with E-state index in [-0.39, 0.29) is 32.0 Å². The minimum absolute atomic E-state index is 0.0168. The van der Waals surface area contributed by atoms with Crippen LogP contribution in [0, 0.1) is 0 Å². The summed E-state index contributed by atoms with van der Waals surface area (Å²) in [5.74, 6) is -0.119. The highest BCUT2D eigenvalue weighted by molar-refractivity contribution is 5.81. The number of amides is 2. The van der Waals surface area contributed by atoms with Gasteiger partial charge >= 0.3 is 12.2 Å². The van der Waals surface area contributed by atoms with Crippen molar-refractivity contribution in [1.29, 1.82) is 0 Å². The lowest BCUT2D eigenvalue weighted by Crippen LogP contribution is -2.45. The molecule has 0 aromatic carbocycles. The van der Waals surface area contributed by atoms with Crippen LogP contribution >= 0.6 is 0 Å². The maximum Gasteiger partial charge on any atom is 0.405 e. The first-order valence-corrected chi connectivity index (χ1v) is 5.35. The molecule has 112 valence electrons. The average molecular weight is 286 g/mol. The van der Waals surface area contributed by atoms with Crippen LogP contribution in [0.1, 0.15) is 6.42 Å². The quantitative estimate of drug-likeness (QED) is 0.272. The van der Waals surface area contributed by atoms with Gasteiger partial charge in [-0.2, -0.15) is 13.2 Å². The van der Waals surface area contributed by atoms with Crippen molar-refractivity contribution in [3.05, 3.63) is 0 Å². The number of nitrogens with two attached hydrogens (primary N) is 1. The van der Waals surface area contributed by atoms with Gasteiger partial charge in [0.2, 0.25) is 0 Å². The summed E-state index contributed by atoms with van der Waals surface area (Å²) in [7, 11) is 1.40. The standard InChI is InChI=1S/C9H17F3N4O3/c1-19-5-4-16(3-2-7(13)15-18)8(17)14-6-9(10,11)12/h18H,2-6H2,1H3,(H2,13,15)(H,14,17). The molecule has 0 fully saturated rings. The van der Waals surface area contributed by atoms with Gasteiger partial charge in [-0.05, 0) is 0 Å². The van der Waals surface area contributed by atoms with Crippen molar-refractivity contribution in [2.24, 2.45) is 10.9 Å². The second-order valence-corrected chi connectivity index (χ2v) is 3.60. The van der Waals surface area contributed by atoms with Gasteiger partial charge in [0.25, 0.3) is 0 Å². The molecule has 0 radical (unpaired) electrons. The first-order chi connectivity index (χ1) is 8.80. The molecule has 2 amide bonds. The van der Waals surface area contributed by atoms with Crippen LogP contribution in [0.5, 0.6) is 0 Å². The van der Waals surface area contributed by atoms with E-state index in [2.05, 4.69) is 5.16 Å². The number of rotatable bonds is 7. The number of ether oxygens (including phenoxy) is 1. The van der Waals surface area contributed by atoms with Gasteiger partial charge in [0, 0.05) is 26.6 Å². The number of carbonyl (C=O) groups is 1. The third kappa shape index (κ3) is 8.94. The van der Waals surface area contributed by atoms with Crippen LogP contribution in [-0.2, 0) is 4.74 Å². The normalized spacial score (nSPS) is 12.3. The number of amidine groups is 1. The summed E-state index contributed by atoms with van der Waals surface area (Å²) in [6, 6.07) is -0.889. The Bertz CT molecular complexity index is 310. The van der Waals surface area contributed by atoms with E-state index in [0.717, 1.165) is 4.90 Å². The van der Waals surface area contributed by atoms with Crippen molar-refractivity contribution in [2.75, 3.05) is 33.4 Å². The molecule has 0 aromatic rings. The Labute approximate surface area is 108 Å². The van der Waals surface area contributed by atoms with Crippen molar-refractivity contribution in [2.45, 2.75) is 12.6 Å². The number of nitrogens with zero attached hydrogens (tertiary/aromatic N) is 2. The molecule has 0 saturated heterocycles. The van der Waals surface area contributed by atoms with Crippen molar-refractivity contribution in [1.82, 2.24) is 10.2 Å². The maximum absolute atomic E-state index is 12.0. The molecule has 7 nitrogen and oxygen atoms in total. The van der Waals surface area contributed by atoms with Crippen LogP contribution in [0.15, 0.2) is 5.16 Å². The van der Waals surface area contributed by atoms with Gasteiger partial charge in [-0.15, -0.1) is 0 Å². The Kier molecular flexibility index (Phi) is 7.65. The first kappa shape index (κ1) is 17.3. The molecule has 0 spiro atoms. The Morgan fingerprint density at radius 3 is 2.58 bits per heavy atom. The minimum atomic E-state index is -4.48. The number of oxime groups is 1. The lowest BCUT2D eigenvalue weighted by Gasteiger charge is -2.22. The van der Waals surface area contributed by atoms with Gasteiger partial charge in [0.1, 0.15) is 12.4 Å². The zero-order valence-corrected chi connectivity index (χ0v) is 10.4. The molecule has 0 saturated carbocycles. The predicted octanol–water partition coefficient (Wildman–Crippen LogP) is 0.343. The van der Waals surface area contributed by atoms with E-state index < -0.39 is 18.8 Å². The van der Waals surface area contributed by atoms with Crippen molar-refractivity contribution < 1.29 is 27.9 Å². The molecule has 0 heterocycles. The summed E-state index contributed by atoms with van der Waals surface area (Å²) in [6.07, 6.45) is -4.44. The highest BCUT2D eigenvalue weighted by Gasteiger charge is 2.28. The van der Waals surface area contributed by atoms with Gasteiger partial charge in [-0.1, -0.05) is 5.16 Å². The van der Waals surface area contributed by atoms with Crippen molar-refractivity contribution in [3.63, 3.8) is 0 Å². The molecule has 0 bridgehead atoms. The third-order valence-electron chi connectivity index (χ3n) is 2.06. The number of methoxy groups -OCH3 is 1. The molecule has 10 heteroatoms. The van der Waals surface area contributed by atoms with E-state index in [9.17, 15) is 18.0 Å². The average Bonchev–Trinajstić information content (AvgIpc) is 2.34. The van der Waals surface area contributed by atoms with E-state index in [1.165, 1.54) is 7.11 Å². The van der Waals surface area contributed by atoms with E-state index in [1.807, 2.05) is 0 Å². The summed E-state index contributed by atoms with van der Waals surface area (Å²) in [6.45, 7) is -1.14. The number of hydrogen-bond acceptors (Lipinski definition) is 4. The minimum Gasteiger partial charge on any atom is -0.409 e. The second kappa shape index (κ2) is 8.40. The summed E-state index contributed by atoms with van der Waals surface area (Å²) >= 11 is 0. The molecule has 0 atom stereocenters. The molecule has 0 aliphatic carbocycles. The van der Waals surface area contributed by atoms with Crippen LogP contribution in [-0.4, -0.2) is 61.5 Å². The number of urea groups is 1. The van der Waals surface area contributed by atoms with Gasteiger partial charge in [0.15, 0.2) is 0 Å². The highest BCUT2D eigenvalue weighted by atomic mass is 19.4. The molecule has 0 aromatic heterocycles. The van der Waals surface area contributed by atoms with Crippen molar-refractivity contribution in [3.8, 4) is 0 Å². The molecule has 4 N–H and O–H groups in total. The number of halogens is 3. The zero-order chi connectivity index (χ0) is 14.9. The van der Waals surface area contributed by atoms with Gasteiger partial charge in [-0.25, -0.2) is 4.79 Å². The molecule has 0 unspecified atom stereocenters. The summed E-state index contributed by atoms with van der Waals surface area (Å²) < 4.78 is 40.7. The number of hydrogen-bond donors (Lipinski definition) is 3. The summed E-state index contributed by atoms with van der Waals surface area (Å²) in [5.41, 5.74) is 5.22. The molecule has 0 rings (SSSR count). The molecule has 19 heavy (non-hydrogen) atoms. The Hall–Kier alpha value is -1.71. The van der Waals surface area contributed by atoms with Crippen molar-refractivity contribution >= 4 is 11.9 Å². The highest BCUT2D eigenvalue weighted by Crippen LogP contribution is 2.12. The van der Waals surface area contributed by atoms with E-state index in [4.69, 9.17) is 15.7 Å². The van der Waals surface area contributed by atoms with Crippen LogP contribution in [0.2, 0.25) is 0 Å². The van der Waals surface area contributed by atoms with E-state index in [1.54, 1.807) is 5.32 Å². The lowest BCUT2D eigenvalue weighted by atomic mass is 10.3. The molecular weight excluding hydrogens is 269 g/mol. The fourth-order valence-corrected chi connectivity index (χ4v) is 1.10. The second-order valence-electron chi connectivity index (χ2n) is 3.60. The molecule has 0 aliphatic heterocycles. The predicted molar refractivity (Wildman–Crippen MR) is 60.9 cm³/mol. The number of nitrogens with one attached hydrogen (secondary N) is 1.